The van der Waals surface area contributed by atoms with Gasteiger partial charge in [0, 0.05) is 32.6 Å². The van der Waals surface area contributed by atoms with Crippen LogP contribution in [0, 0.1) is 0 Å². The van der Waals surface area contributed by atoms with E-state index in [9.17, 15) is 4.79 Å². The van der Waals surface area contributed by atoms with Crippen molar-refractivity contribution < 1.29 is 9.53 Å². The fourth-order valence-corrected chi connectivity index (χ4v) is 5.13. The minimum Gasteiger partial charge on any atom is -0.494 e. The minimum absolute atomic E-state index is 0.0504. The highest BCUT2D eigenvalue weighted by molar-refractivity contribution is 7.22. The number of carbonyl (C=O) groups is 1. The number of carbonyl (C=O) groups excluding carboxylic acids is 1. The topological polar surface area (TPSA) is 29.5 Å². The maximum Gasteiger partial charge on any atom is 0.195 e. The smallest absolute Gasteiger partial charge is 0.195 e. The second kappa shape index (κ2) is 10.6. The molecule has 0 radical (unpaired) electrons. The Balaban J connectivity index is 1.53. The van der Waals surface area contributed by atoms with Gasteiger partial charge in [-0.25, -0.2) is 0 Å². The van der Waals surface area contributed by atoms with Crippen LogP contribution in [0.3, 0.4) is 0 Å². The Morgan fingerprint density at radius 1 is 0.875 bits per heavy atom. The number of thiophene rings is 1. The monoisotopic (exact) mass is 443 g/mol. The molecule has 0 N–H and O–H groups in total. The SMILES string of the molecule is CCN(CC)CCCOc1ccc(C(=O)c2c(-c3ccccc3)sc3ccccc23)cc1. The van der Waals surface area contributed by atoms with Crippen LogP contribution in [0.15, 0.2) is 78.9 Å². The third-order valence-electron chi connectivity index (χ3n) is 5.76. The maximum absolute atomic E-state index is 13.6. The summed E-state index contributed by atoms with van der Waals surface area (Å²) in [6, 6.07) is 25.9. The molecule has 0 saturated carbocycles. The van der Waals surface area contributed by atoms with Gasteiger partial charge in [-0.05, 0) is 55.4 Å². The van der Waals surface area contributed by atoms with Crippen molar-refractivity contribution in [2.45, 2.75) is 20.3 Å². The van der Waals surface area contributed by atoms with Crippen molar-refractivity contribution in [1.29, 1.82) is 0 Å². The van der Waals surface area contributed by atoms with Crippen molar-refractivity contribution in [2.24, 2.45) is 0 Å². The molecule has 1 aromatic heterocycles. The van der Waals surface area contributed by atoms with Gasteiger partial charge in [-0.3, -0.25) is 4.79 Å². The molecule has 0 aliphatic carbocycles. The van der Waals surface area contributed by atoms with E-state index < -0.39 is 0 Å². The molecule has 4 rings (SSSR count). The van der Waals surface area contributed by atoms with E-state index in [0.29, 0.717) is 12.2 Å². The van der Waals surface area contributed by atoms with Crippen molar-refractivity contribution in [3.05, 3.63) is 90.0 Å². The molecule has 1 heterocycles. The maximum atomic E-state index is 13.6. The summed E-state index contributed by atoms with van der Waals surface area (Å²) in [6.07, 6.45) is 0.990. The number of fused-ring (bicyclic) bond motifs is 1. The van der Waals surface area contributed by atoms with E-state index in [-0.39, 0.29) is 5.78 Å². The number of ether oxygens (including phenoxy) is 1. The van der Waals surface area contributed by atoms with Gasteiger partial charge in [0.05, 0.1) is 6.61 Å². The second-order valence-electron chi connectivity index (χ2n) is 7.75. The van der Waals surface area contributed by atoms with E-state index >= 15 is 0 Å². The third kappa shape index (κ3) is 4.93. The van der Waals surface area contributed by atoms with Crippen LogP contribution in [0.25, 0.3) is 20.5 Å². The van der Waals surface area contributed by atoms with Gasteiger partial charge in [0.15, 0.2) is 5.78 Å². The highest BCUT2D eigenvalue weighted by Crippen LogP contribution is 2.39. The van der Waals surface area contributed by atoms with Gasteiger partial charge >= 0.3 is 0 Å². The number of hydrogen-bond donors (Lipinski definition) is 0. The molecular weight excluding hydrogens is 414 g/mol. The lowest BCUT2D eigenvalue weighted by atomic mass is 9.97. The van der Waals surface area contributed by atoms with Gasteiger partial charge in [0.25, 0.3) is 0 Å². The summed E-state index contributed by atoms with van der Waals surface area (Å²) in [4.78, 5) is 17.0. The zero-order valence-corrected chi connectivity index (χ0v) is 19.5. The standard InChI is InChI=1S/C28H29NO2S/c1-3-29(4-2)19-10-20-31-23-17-15-21(16-18-23)27(30)26-24-13-8-9-14-25(24)32-28(26)22-11-6-5-7-12-22/h5-9,11-18H,3-4,10,19-20H2,1-2H3. The van der Waals surface area contributed by atoms with Crippen LogP contribution in [0.2, 0.25) is 0 Å². The van der Waals surface area contributed by atoms with Gasteiger partial charge < -0.3 is 9.64 Å². The van der Waals surface area contributed by atoms with Crippen LogP contribution < -0.4 is 4.74 Å². The Morgan fingerprint density at radius 2 is 1.56 bits per heavy atom. The zero-order valence-electron chi connectivity index (χ0n) is 18.7. The van der Waals surface area contributed by atoms with Gasteiger partial charge in [0.2, 0.25) is 0 Å². The molecule has 4 heteroatoms. The average Bonchev–Trinajstić information content (AvgIpc) is 3.24. The quantitative estimate of drug-likeness (QED) is 0.197. The highest BCUT2D eigenvalue weighted by atomic mass is 32.1. The predicted octanol–water partition coefficient (Wildman–Crippen LogP) is 6.91. The molecule has 0 spiro atoms. The molecule has 0 bridgehead atoms. The van der Waals surface area contributed by atoms with Crippen molar-refractivity contribution in [3.8, 4) is 16.2 Å². The molecule has 4 aromatic rings. The Kier molecular flexibility index (Phi) is 7.35. The van der Waals surface area contributed by atoms with Crippen molar-refractivity contribution >= 4 is 27.2 Å². The molecule has 32 heavy (non-hydrogen) atoms. The molecule has 0 aliphatic heterocycles. The van der Waals surface area contributed by atoms with E-state index in [4.69, 9.17) is 4.74 Å². The number of nitrogens with zero attached hydrogens (tertiary/aromatic N) is 1. The first-order valence-electron chi connectivity index (χ1n) is 11.3. The summed E-state index contributed by atoms with van der Waals surface area (Å²) >= 11 is 1.67. The molecule has 0 atom stereocenters. The predicted molar refractivity (Wildman–Crippen MR) is 135 cm³/mol. The Hall–Kier alpha value is -2.95. The first-order valence-corrected chi connectivity index (χ1v) is 12.1. The summed E-state index contributed by atoms with van der Waals surface area (Å²) in [6.45, 7) is 8.21. The molecule has 0 amide bonds. The number of benzene rings is 3. The molecule has 0 saturated heterocycles. The fourth-order valence-electron chi connectivity index (χ4n) is 3.93. The van der Waals surface area contributed by atoms with Crippen molar-refractivity contribution in [1.82, 2.24) is 4.90 Å². The van der Waals surface area contributed by atoms with Crippen LogP contribution in [0.5, 0.6) is 5.75 Å². The summed E-state index contributed by atoms with van der Waals surface area (Å²) in [5.41, 5.74) is 2.54. The first-order chi connectivity index (χ1) is 15.7. The number of ketones is 1. The van der Waals surface area contributed by atoms with Crippen LogP contribution >= 0.6 is 11.3 Å². The molecule has 3 aromatic carbocycles. The molecular formula is C28H29NO2S. The lowest BCUT2D eigenvalue weighted by Crippen LogP contribution is -2.25. The third-order valence-corrected chi connectivity index (χ3v) is 6.98. The van der Waals surface area contributed by atoms with Crippen LogP contribution in [0.4, 0.5) is 0 Å². The minimum atomic E-state index is 0.0504. The highest BCUT2D eigenvalue weighted by Gasteiger charge is 2.21. The summed E-state index contributed by atoms with van der Waals surface area (Å²) in [7, 11) is 0. The largest absolute Gasteiger partial charge is 0.494 e. The van der Waals surface area contributed by atoms with Gasteiger partial charge in [0.1, 0.15) is 5.75 Å². The van der Waals surface area contributed by atoms with Gasteiger partial charge in [-0.1, -0.05) is 62.4 Å². The van der Waals surface area contributed by atoms with Gasteiger partial charge in [-0.15, -0.1) is 11.3 Å². The molecule has 164 valence electrons. The Labute approximate surface area is 194 Å². The lowest BCUT2D eigenvalue weighted by molar-refractivity contribution is 0.104. The van der Waals surface area contributed by atoms with Crippen molar-refractivity contribution in [3.63, 3.8) is 0 Å². The van der Waals surface area contributed by atoms with E-state index in [0.717, 1.165) is 57.9 Å². The first kappa shape index (κ1) is 22.3. The normalized spacial score (nSPS) is 11.2. The summed E-state index contributed by atoms with van der Waals surface area (Å²) in [5, 5.41) is 1.01. The zero-order chi connectivity index (χ0) is 22.3. The van der Waals surface area contributed by atoms with Gasteiger partial charge in [-0.2, -0.15) is 0 Å². The fraction of sp³-hybridized carbons (Fsp3) is 0.250. The number of hydrogen-bond acceptors (Lipinski definition) is 4. The summed E-state index contributed by atoms with van der Waals surface area (Å²) < 4.78 is 7.03. The molecule has 0 unspecified atom stereocenters. The van der Waals surface area contributed by atoms with E-state index in [1.807, 2.05) is 60.7 Å². The van der Waals surface area contributed by atoms with Crippen LogP contribution in [-0.2, 0) is 0 Å². The second-order valence-corrected chi connectivity index (χ2v) is 8.80. The Morgan fingerprint density at radius 3 is 2.28 bits per heavy atom. The lowest BCUT2D eigenvalue weighted by Gasteiger charge is -2.17. The van der Waals surface area contributed by atoms with Crippen LogP contribution in [0.1, 0.15) is 36.2 Å². The summed E-state index contributed by atoms with van der Waals surface area (Å²) in [5.74, 6) is 0.856. The molecule has 0 fully saturated rings. The van der Waals surface area contributed by atoms with Crippen LogP contribution in [-0.4, -0.2) is 36.9 Å². The van der Waals surface area contributed by atoms with Crippen molar-refractivity contribution in [2.75, 3.05) is 26.2 Å². The molecule has 0 aliphatic rings. The molecule has 3 nitrogen and oxygen atoms in total. The average molecular weight is 444 g/mol. The number of rotatable bonds is 10. The Bertz CT molecular complexity index is 1160. The van der Waals surface area contributed by atoms with E-state index in [2.05, 4.69) is 36.9 Å². The van der Waals surface area contributed by atoms with E-state index in [1.165, 1.54) is 0 Å². The van der Waals surface area contributed by atoms with E-state index in [1.54, 1.807) is 11.3 Å².